The Morgan fingerprint density at radius 1 is 1.10 bits per heavy atom. The summed E-state index contributed by atoms with van der Waals surface area (Å²) in [6.07, 6.45) is 0. The fourth-order valence-corrected chi connectivity index (χ4v) is 2.06. The smallest absolute Gasteiger partial charge is 0.171 e. The molecule has 0 saturated carbocycles. The van der Waals surface area contributed by atoms with Crippen molar-refractivity contribution in [1.82, 2.24) is 5.32 Å². The van der Waals surface area contributed by atoms with Gasteiger partial charge in [-0.1, -0.05) is 30.3 Å². The second-order valence-corrected chi connectivity index (χ2v) is 4.76. The first kappa shape index (κ1) is 14.4. The van der Waals surface area contributed by atoms with E-state index in [-0.39, 0.29) is 16.8 Å². The van der Waals surface area contributed by atoms with E-state index in [4.69, 9.17) is 12.2 Å². The van der Waals surface area contributed by atoms with Crippen LogP contribution in [0.3, 0.4) is 0 Å². The fraction of sp³-hybridized carbons (Fsp3) is 0.133. The molecular formula is C15H14F2N2S. The van der Waals surface area contributed by atoms with Crippen molar-refractivity contribution >= 4 is 23.0 Å². The van der Waals surface area contributed by atoms with Gasteiger partial charge >= 0.3 is 0 Å². The molecule has 2 nitrogen and oxygen atoms in total. The highest BCUT2D eigenvalue weighted by atomic mass is 32.1. The van der Waals surface area contributed by atoms with E-state index in [0.29, 0.717) is 0 Å². The molecule has 2 rings (SSSR count). The van der Waals surface area contributed by atoms with Crippen LogP contribution in [0.1, 0.15) is 18.5 Å². The molecule has 1 unspecified atom stereocenters. The number of thiocarbonyl (C=S) groups is 1. The number of rotatable bonds is 3. The van der Waals surface area contributed by atoms with Gasteiger partial charge in [-0.2, -0.15) is 0 Å². The number of hydrogen-bond donors (Lipinski definition) is 2. The third-order valence-electron chi connectivity index (χ3n) is 2.83. The van der Waals surface area contributed by atoms with E-state index in [1.165, 1.54) is 12.1 Å². The van der Waals surface area contributed by atoms with Gasteiger partial charge in [0.2, 0.25) is 0 Å². The Morgan fingerprint density at radius 3 is 2.45 bits per heavy atom. The van der Waals surface area contributed by atoms with Crippen molar-refractivity contribution in [1.29, 1.82) is 0 Å². The molecule has 1 atom stereocenters. The summed E-state index contributed by atoms with van der Waals surface area (Å²) < 4.78 is 26.3. The quantitative estimate of drug-likeness (QED) is 0.836. The summed E-state index contributed by atoms with van der Waals surface area (Å²) in [7, 11) is 0. The standard InChI is InChI=1S/C15H14F2N2S/c1-10(11-5-3-2-4-6-11)18-15(20)19-14-8-7-12(16)9-13(14)17/h2-10H,1H3,(H2,18,19,20). The second kappa shape index (κ2) is 6.43. The van der Waals surface area contributed by atoms with Crippen molar-refractivity contribution in [3.05, 3.63) is 65.7 Å². The Hall–Kier alpha value is -2.01. The maximum atomic E-state index is 13.5. The SMILES string of the molecule is CC(NC(=S)Nc1ccc(F)cc1F)c1ccccc1. The third-order valence-corrected chi connectivity index (χ3v) is 3.05. The van der Waals surface area contributed by atoms with Crippen LogP contribution in [-0.4, -0.2) is 5.11 Å². The minimum Gasteiger partial charge on any atom is -0.356 e. The van der Waals surface area contributed by atoms with Crippen molar-refractivity contribution in [2.45, 2.75) is 13.0 Å². The van der Waals surface area contributed by atoms with E-state index in [0.717, 1.165) is 11.6 Å². The molecule has 0 aromatic heterocycles. The molecule has 2 aromatic carbocycles. The lowest BCUT2D eigenvalue weighted by atomic mass is 10.1. The van der Waals surface area contributed by atoms with Gasteiger partial charge in [-0.15, -0.1) is 0 Å². The number of anilines is 1. The van der Waals surface area contributed by atoms with E-state index < -0.39 is 11.6 Å². The molecule has 0 heterocycles. The first-order chi connectivity index (χ1) is 9.56. The first-order valence-corrected chi connectivity index (χ1v) is 6.54. The molecule has 2 N–H and O–H groups in total. The third kappa shape index (κ3) is 3.74. The van der Waals surface area contributed by atoms with Gasteiger partial charge in [-0.25, -0.2) is 8.78 Å². The second-order valence-electron chi connectivity index (χ2n) is 4.36. The number of hydrogen-bond acceptors (Lipinski definition) is 1. The molecule has 0 amide bonds. The molecule has 104 valence electrons. The fourth-order valence-electron chi connectivity index (χ4n) is 1.77. The van der Waals surface area contributed by atoms with Crippen LogP contribution in [0.15, 0.2) is 48.5 Å². The topological polar surface area (TPSA) is 24.1 Å². The van der Waals surface area contributed by atoms with Gasteiger partial charge in [0.05, 0.1) is 11.7 Å². The van der Waals surface area contributed by atoms with Crippen molar-refractivity contribution in [2.75, 3.05) is 5.32 Å². The van der Waals surface area contributed by atoms with Crippen LogP contribution in [-0.2, 0) is 0 Å². The van der Waals surface area contributed by atoms with Crippen molar-refractivity contribution < 1.29 is 8.78 Å². The first-order valence-electron chi connectivity index (χ1n) is 6.14. The molecule has 0 aliphatic heterocycles. The maximum absolute atomic E-state index is 13.5. The summed E-state index contributed by atoms with van der Waals surface area (Å²) in [6.45, 7) is 1.95. The maximum Gasteiger partial charge on any atom is 0.171 e. The highest BCUT2D eigenvalue weighted by Gasteiger charge is 2.09. The van der Waals surface area contributed by atoms with Crippen LogP contribution in [0.2, 0.25) is 0 Å². The normalized spacial score (nSPS) is 11.8. The van der Waals surface area contributed by atoms with E-state index in [1.54, 1.807) is 0 Å². The summed E-state index contributed by atoms with van der Waals surface area (Å²) in [5.41, 5.74) is 1.21. The Balaban J connectivity index is 1.99. The number of benzene rings is 2. The summed E-state index contributed by atoms with van der Waals surface area (Å²) in [5, 5.41) is 6.05. The Labute approximate surface area is 121 Å². The molecule has 2 aromatic rings. The summed E-state index contributed by atoms with van der Waals surface area (Å²) in [5.74, 6) is -1.30. The molecule has 0 radical (unpaired) electrons. The van der Waals surface area contributed by atoms with E-state index in [1.807, 2.05) is 37.3 Å². The van der Waals surface area contributed by atoms with Crippen molar-refractivity contribution in [3.8, 4) is 0 Å². The van der Waals surface area contributed by atoms with Crippen molar-refractivity contribution in [3.63, 3.8) is 0 Å². The molecule has 0 fully saturated rings. The van der Waals surface area contributed by atoms with Gasteiger partial charge in [0, 0.05) is 6.07 Å². The van der Waals surface area contributed by atoms with Gasteiger partial charge in [0.15, 0.2) is 5.11 Å². The molecule has 0 saturated heterocycles. The minimum atomic E-state index is -0.679. The Morgan fingerprint density at radius 2 is 1.80 bits per heavy atom. The monoisotopic (exact) mass is 292 g/mol. The lowest BCUT2D eigenvalue weighted by Gasteiger charge is -2.17. The zero-order valence-electron chi connectivity index (χ0n) is 10.9. The zero-order valence-corrected chi connectivity index (χ0v) is 11.7. The Kier molecular flexibility index (Phi) is 4.63. The Bertz CT molecular complexity index is 602. The minimum absolute atomic E-state index is 0.0142. The highest BCUT2D eigenvalue weighted by Crippen LogP contribution is 2.16. The largest absolute Gasteiger partial charge is 0.356 e. The van der Waals surface area contributed by atoms with Gasteiger partial charge in [-0.05, 0) is 36.8 Å². The lowest BCUT2D eigenvalue weighted by molar-refractivity contribution is 0.586. The molecular weight excluding hydrogens is 278 g/mol. The zero-order chi connectivity index (χ0) is 14.5. The predicted octanol–water partition coefficient (Wildman–Crippen LogP) is 4.01. The molecule has 20 heavy (non-hydrogen) atoms. The van der Waals surface area contributed by atoms with Crippen LogP contribution in [0, 0.1) is 11.6 Å². The van der Waals surface area contributed by atoms with Crippen LogP contribution in [0.25, 0.3) is 0 Å². The molecule has 0 spiro atoms. The summed E-state index contributed by atoms with van der Waals surface area (Å²) >= 11 is 5.12. The van der Waals surface area contributed by atoms with Crippen LogP contribution in [0.4, 0.5) is 14.5 Å². The van der Waals surface area contributed by atoms with Gasteiger partial charge < -0.3 is 10.6 Å². The molecule has 0 aliphatic rings. The summed E-state index contributed by atoms with van der Waals surface area (Å²) in [6, 6.07) is 13.0. The van der Waals surface area contributed by atoms with Gasteiger partial charge in [-0.3, -0.25) is 0 Å². The summed E-state index contributed by atoms with van der Waals surface area (Å²) in [4.78, 5) is 0. The molecule has 5 heteroatoms. The average Bonchev–Trinajstić information content (AvgIpc) is 2.43. The van der Waals surface area contributed by atoms with Crippen LogP contribution >= 0.6 is 12.2 Å². The van der Waals surface area contributed by atoms with E-state index in [2.05, 4.69) is 10.6 Å². The lowest BCUT2D eigenvalue weighted by Crippen LogP contribution is -2.31. The predicted molar refractivity (Wildman–Crippen MR) is 80.6 cm³/mol. The van der Waals surface area contributed by atoms with Crippen molar-refractivity contribution in [2.24, 2.45) is 0 Å². The van der Waals surface area contributed by atoms with E-state index in [9.17, 15) is 8.78 Å². The average molecular weight is 292 g/mol. The number of nitrogens with one attached hydrogen (secondary N) is 2. The molecule has 0 bridgehead atoms. The highest BCUT2D eigenvalue weighted by molar-refractivity contribution is 7.80. The van der Waals surface area contributed by atoms with Crippen LogP contribution < -0.4 is 10.6 Å². The van der Waals surface area contributed by atoms with Gasteiger partial charge in [0.25, 0.3) is 0 Å². The molecule has 0 aliphatic carbocycles. The van der Waals surface area contributed by atoms with Gasteiger partial charge in [0.1, 0.15) is 11.6 Å². The van der Waals surface area contributed by atoms with Crippen LogP contribution in [0.5, 0.6) is 0 Å². The number of halogens is 2. The van der Waals surface area contributed by atoms with E-state index >= 15 is 0 Å².